The predicted octanol–water partition coefficient (Wildman–Crippen LogP) is 6.35. The average molecular weight is 650 g/mol. The standard InChI is InChI=1S/C30H31ClF3N5O4S/c1-29(2,3)43-27(41)37-11-8-36(9-12-37)10-13-38-26(40)25(44-28(38)42)15-19-4-7-24-21(14-19)17-35-39(24)18-20-5-6-22(31)16-23(20)30(32,33)34/h4-7,14-17H,8-13,18H2,1-3H3/b25-15-. The van der Waals surface area contributed by atoms with E-state index in [0.29, 0.717) is 49.2 Å². The first-order valence-electron chi connectivity index (χ1n) is 13.9. The molecule has 0 bridgehead atoms. The van der Waals surface area contributed by atoms with Gasteiger partial charge < -0.3 is 9.64 Å². The van der Waals surface area contributed by atoms with Crippen molar-refractivity contribution >= 4 is 57.6 Å². The van der Waals surface area contributed by atoms with Crippen LogP contribution in [0.3, 0.4) is 0 Å². The van der Waals surface area contributed by atoms with Crippen LogP contribution in [-0.2, 0) is 22.3 Å². The molecule has 2 saturated heterocycles. The van der Waals surface area contributed by atoms with Crippen LogP contribution in [0.4, 0.5) is 22.8 Å². The third-order valence-electron chi connectivity index (χ3n) is 7.20. The van der Waals surface area contributed by atoms with Crippen molar-refractivity contribution in [3.05, 3.63) is 69.2 Å². The number of aromatic nitrogens is 2. The van der Waals surface area contributed by atoms with Gasteiger partial charge in [0, 0.05) is 49.7 Å². The molecule has 0 atom stereocenters. The number of imide groups is 1. The lowest BCUT2D eigenvalue weighted by atomic mass is 10.1. The molecule has 0 unspecified atom stereocenters. The fraction of sp³-hybridized carbons (Fsp3) is 0.400. The monoisotopic (exact) mass is 649 g/mol. The highest BCUT2D eigenvalue weighted by atomic mass is 35.5. The summed E-state index contributed by atoms with van der Waals surface area (Å²) in [7, 11) is 0. The van der Waals surface area contributed by atoms with Crippen LogP contribution < -0.4 is 0 Å². The molecule has 0 N–H and O–H groups in total. The van der Waals surface area contributed by atoms with Gasteiger partial charge in [0.15, 0.2) is 0 Å². The highest BCUT2D eigenvalue weighted by molar-refractivity contribution is 8.18. The number of benzene rings is 2. The van der Waals surface area contributed by atoms with E-state index in [0.717, 1.165) is 17.8 Å². The van der Waals surface area contributed by atoms with Crippen LogP contribution in [0.15, 0.2) is 47.5 Å². The summed E-state index contributed by atoms with van der Waals surface area (Å²) >= 11 is 6.67. The zero-order valence-electron chi connectivity index (χ0n) is 24.4. The van der Waals surface area contributed by atoms with Gasteiger partial charge in [0.1, 0.15) is 5.60 Å². The molecular weight excluding hydrogens is 619 g/mol. The molecule has 0 radical (unpaired) electrons. The Morgan fingerprint density at radius 2 is 1.77 bits per heavy atom. The number of carbonyl (C=O) groups is 3. The Kier molecular flexibility index (Phi) is 9.01. The number of hydrogen-bond donors (Lipinski definition) is 0. The number of alkyl halides is 3. The van der Waals surface area contributed by atoms with E-state index in [-0.39, 0.29) is 45.8 Å². The van der Waals surface area contributed by atoms with Gasteiger partial charge >= 0.3 is 12.3 Å². The second-order valence-corrected chi connectivity index (χ2v) is 13.0. The van der Waals surface area contributed by atoms with Gasteiger partial charge in [-0.2, -0.15) is 18.3 Å². The lowest BCUT2D eigenvalue weighted by molar-refractivity contribution is -0.138. The molecule has 0 aliphatic carbocycles. The van der Waals surface area contributed by atoms with Crippen molar-refractivity contribution in [2.45, 2.75) is 39.1 Å². The maximum absolute atomic E-state index is 13.6. The van der Waals surface area contributed by atoms with E-state index >= 15 is 0 Å². The van der Waals surface area contributed by atoms with Gasteiger partial charge in [0.05, 0.1) is 28.7 Å². The van der Waals surface area contributed by atoms with Gasteiger partial charge in [-0.3, -0.25) is 24.1 Å². The number of halogens is 4. The number of rotatable bonds is 6. The van der Waals surface area contributed by atoms with Crippen LogP contribution in [-0.4, -0.2) is 86.6 Å². The smallest absolute Gasteiger partial charge is 0.416 e. The summed E-state index contributed by atoms with van der Waals surface area (Å²) in [5.74, 6) is -0.384. The van der Waals surface area contributed by atoms with E-state index in [9.17, 15) is 27.6 Å². The number of ether oxygens (including phenoxy) is 1. The zero-order chi connectivity index (χ0) is 31.8. The summed E-state index contributed by atoms with van der Waals surface area (Å²) in [5.41, 5.74) is -0.0734. The van der Waals surface area contributed by atoms with Crippen molar-refractivity contribution in [2.24, 2.45) is 0 Å². The summed E-state index contributed by atoms with van der Waals surface area (Å²) in [6.07, 6.45) is -1.74. The Labute approximate surface area is 261 Å². The van der Waals surface area contributed by atoms with E-state index in [1.807, 2.05) is 20.8 Å². The fourth-order valence-corrected chi connectivity index (χ4v) is 6.04. The van der Waals surface area contributed by atoms with Crippen molar-refractivity contribution in [3.63, 3.8) is 0 Å². The summed E-state index contributed by atoms with van der Waals surface area (Å²) < 4.78 is 47.6. The van der Waals surface area contributed by atoms with E-state index in [1.165, 1.54) is 21.7 Å². The van der Waals surface area contributed by atoms with Gasteiger partial charge in [0.25, 0.3) is 11.1 Å². The predicted molar refractivity (Wildman–Crippen MR) is 162 cm³/mol. The van der Waals surface area contributed by atoms with Crippen LogP contribution in [0, 0.1) is 0 Å². The lowest BCUT2D eigenvalue weighted by Crippen LogP contribution is -2.51. The first-order valence-corrected chi connectivity index (χ1v) is 15.1. The Hall–Kier alpha value is -3.55. The Bertz CT molecular complexity index is 1630. The molecule has 0 saturated carbocycles. The van der Waals surface area contributed by atoms with E-state index in [2.05, 4.69) is 10.00 Å². The van der Waals surface area contributed by atoms with Crippen molar-refractivity contribution in [3.8, 4) is 0 Å². The van der Waals surface area contributed by atoms with Crippen LogP contribution in [0.5, 0.6) is 0 Å². The van der Waals surface area contributed by atoms with Crippen molar-refractivity contribution in [1.82, 2.24) is 24.5 Å². The van der Waals surface area contributed by atoms with Gasteiger partial charge in [-0.15, -0.1) is 0 Å². The highest BCUT2D eigenvalue weighted by Crippen LogP contribution is 2.35. The molecular formula is C30H31ClF3N5O4S. The SMILES string of the molecule is CC(C)(C)OC(=O)N1CCN(CCN2C(=O)S/C(=C\c3ccc4c(cnn4Cc4ccc(Cl)cc4C(F)(F)F)c3)C2=O)CC1. The first-order chi connectivity index (χ1) is 20.7. The zero-order valence-corrected chi connectivity index (χ0v) is 25.9. The molecule has 2 aliphatic heterocycles. The summed E-state index contributed by atoms with van der Waals surface area (Å²) in [6, 6.07) is 8.87. The molecule has 2 aliphatic rings. The second kappa shape index (κ2) is 12.4. The number of fused-ring (bicyclic) bond motifs is 1. The molecule has 2 fully saturated rings. The molecule has 9 nitrogen and oxygen atoms in total. The minimum absolute atomic E-state index is 0.00131. The quantitative estimate of drug-likeness (QED) is 0.288. The fourth-order valence-electron chi connectivity index (χ4n) is 5.00. The van der Waals surface area contributed by atoms with Gasteiger partial charge in [-0.1, -0.05) is 23.7 Å². The normalized spacial score (nSPS) is 17.8. The number of nitrogens with zero attached hydrogens (tertiary/aromatic N) is 5. The van der Waals surface area contributed by atoms with Crippen molar-refractivity contribution in [2.75, 3.05) is 39.3 Å². The lowest BCUT2D eigenvalue weighted by Gasteiger charge is -2.35. The van der Waals surface area contributed by atoms with E-state index in [1.54, 1.807) is 35.4 Å². The van der Waals surface area contributed by atoms with Crippen LogP contribution in [0.25, 0.3) is 17.0 Å². The molecule has 2 aromatic carbocycles. The molecule has 0 spiro atoms. The molecule has 234 valence electrons. The van der Waals surface area contributed by atoms with E-state index in [4.69, 9.17) is 16.3 Å². The Morgan fingerprint density at radius 3 is 2.45 bits per heavy atom. The molecule has 14 heteroatoms. The van der Waals surface area contributed by atoms with Crippen molar-refractivity contribution in [1.29, 1.82) is 0 Å². The number of thioether (sulfide) groups is 1. The Morgan fingerprint density at radius 1 is 1.05 bits per heavy atom. The summed E-state index contributed by atoms with van der Waals surface area (Å²) in [6.45, 7) is 8.28. The molecule has 5 rings (SSSR count). The maximum atomic E-state index is 13.6. The second-order valence-electron chi connectivity index (χ2n) is 11.6. The van der Waals surface area contributed by atoms with Gasteiger partial charge in [-0.05, 0) is 74.0 Å². The summed E-state index contributed by atoms with van der Waals surface area (Å²) in [5, 5.41) is 4.59. The first kappa shape index (κ1) is 31.9. The topological polar surface area (TPSA) is 88.0 Å². The summed E-state index contributed by atoms with van der Waals surface area (Å²) in [4.78, 5) is 43.3. The largest absolute Gasteiger partial charge is 0.444 e. The number of hydrogen-bond acceptors (Lipinski definition) is 7. The van der Waals surface area contributed by atoms with Crippen LogP contribution in [0.1, 0.15) is 37.5 Å². The Balaban J connectivity index is 1.21. The van der Waals surface area contributed by atoms with Crippen LogP contribution >= 0.6 is 23.4 Å². The molecule has 3 aromatic rings. The minimum Gasteiger partial charge on any atom is -0.444 e. The third kappa shape index (κ3) is 7.39. The van der Waals surface area contributed by atoms with Gasteiger partial charge in [0.2, 0.25) is 0 Å². The number of carbonyl (C=O) groups excluding carboxylic acids is 3. The number of piperazine rings is 1. The van der Waals surface area contributed by atoms with Crippen LogP contribution in [0.2, 0.25) is 5.02 Å². The molecule has 3 amide bonds. The van der Waals surface area contributed by atoms with Crippen molar-refractivity contribution < 1.29 is 32.3 Å². The third-order valence-corrected chi connectivity index (χ3v) is 8.34. The molecule has 44 heavy (non-hydrogen) atoms. The maximum Gasteiger partial charge on any atom is 0.416 e. The molecule has 3 heterocycles. The average Bonchev–Trinajstić information content (AvgIpc) is 3.46. The number of amides is 3. The van der Waals surface area contributed by atoms with Gasteiger partial charge in [-0.25, -0.2) is 4.79 Å². The van der Waals surface area contributed by atoms with E-state index < -0.39 is 17.3 Å². The minimum atomic E-state index is -4.56. The highest BCUT2D eigenvalue weighted by Gasteiger charge is 2.36. The molecule has 1 aromatic heterocycles.